The van der Waals surface area contributed by atoms with Gasteiger partial charge in [0.25, 0.3) is 0 Å². The van der Waals surface area contributed by atoms with Crippen LogP contribution in [0.5, 0.6) is 11.5 Å². The molecule has 11 heteroatoms. The van der Waals surface area contributed by atoms with Crippen molar-refractivity contribution < 1.29 is 75.3 Å². The van der Waals surface area contributed by atoms with Gasteiger partial charge in [-0.05, 0) is 38.1 Å². The van der Waals surface area contributed by atoms with Gasteiger partial charge >= 0.3 is 32.4 Å². The summed E-state index contributed by atoms with van der Waals surface area (Å²) in [6.45, 7) is 2.94. The molecule has 8 nitrogen and oxygen atoms in total. The molecule has 0 saturated carbocycles. The normalized spacial score (nSPS) is 11.7. The Morgan fingerprint density at radius 3 is 1.29 bits per heavy atom. The molecule has 0 aliphatic heterocycles. The molecular formula is C20H22Cl2N2O6Pd. The van der Waals surface area contributed by atoms with E-state index in [1.165, 1.54) is 38.4 Å². The third kappa shape index (κ3) is 12.8. The van der Waals surface area contributed by atoms with Gasteiger partial charge in [0.1, 0.15) is 23.6 Å². The minimum Gasteiger partial charge on any atom is -1.00 e. The molecule has 0 amide bonds. The molecule has 0 aromatic heterocycles. The van der Waals surface area contributed by atoms with Crippen LogP contribution in [0, 0.1) is 0 Å². The summed E-state index contributed by atoms with van der Waals surface area (Å²) in [6, 6.07) is 11.6. The molecule has 172 valence electrons. The minimum absolute atomic E-state index is 0. The van der Waals surface area contributed by atoms with Gasteiger partial charge in [-0.15, -0.1) is 0 Å². The topological polar surface area (TPSA) is 140 Å². The van der Waals surface area contributed by atoms with E-state index in [9.17, 15) is 19.8 Å². The summed E-state index contributed by atoms with van der Waals surface area (Å²) in [5.74, 6) is -1.80. The Kier molecular flexibility index (Phi) is 18.5. The van der Waals surface area contributed by atoms with Gasteiger partial charge in [0.2, 0.25) is 0 Å². The fourth-order valence-corrected chi connectivity index (χ4v) is 1.71. The van der Waals surface area contributed by atoms with Crippen molar-refractivity contribution >= 4 is 24.4 Å². The van der Waals surface area contributed by atoms with Crippen LogP contribution in [0.2, 0.25) is 0 Å². The maximum Gasteiger partial charge on any atom is 2.00 e. The Morgan fingerprint density at radius 1 is 0.742 bits per heavy atom. The standard InChI is InChI=1S/2C10H11NO3.2ClH.Pd/c2*1-7(10(13)14)11-6-8-4-2-3-5-9(8)12;;;/h2*2-7,12H,1H3,(H,13,14);2*1H;/q;;;;+2/p-2. The van der Waals surface area contributed by atoms with Crippen LogP contribution in [-0.4, -0.2) is 56.9 Å². The number of nitrogens with zero attached hydrogens (tertiary/aromatic N) is 2. The number of aliphatic carboxylic acids is 2. The van der Waals surface area contributed by atoms with Gasteiger partial charge in [0.05, 0.1) is 0 Å². The molecule has 0 saturated heterocycles. The van der Waals surface area contributed by atoms with Gasteiger partial charge in [-0.1, -0.05) is 24.3 Å². The van der Waals surface area contributed by atoms with E-state index in [1.807, 2.05) is 0 Å². The van der Waals surface area contributed by atoms with Crippen LogP contribution in [0.4, 0.5) is 0 Å². The van der Waals surface area contributed by atoms with Crippen molar-refractivity contribution in [3.8, 4) is 11.5 Å². The average Bonchev–Trinajstić information content (AvgIpc) is 2.66. The zero-order chi connectivity index (χ0) is 21.1. The molecule has 0 aliphatic rings. The van der Waals surface area contributed by atoms with E-state index in [0.717, 1.165) is 0 Å². The summed E-state index contributed by atoms with van der Waals surface area (Å²) in [5.41, 5.74) is 1.03. The fourth-order valence-electron chi connectivity index (χ4n) is 1.71. The van der Waals surface area contributed by atoms with Gasteiger partial charge in [-0.25, -0.2) is 9.59 Å². The van der Waals surface area contributed by atoms with E-state index in [0.29, 0.717) is 11.1 Å². The third-order valence-electron chi connectivity index (χ3n) is 3.46. The van der Waals surface area contributed by atoms with Crippen LogP contribution in [0.3, 0.4) is 0 Å². The number of aromatic hydroxyl groups is 2. The molecule has 2 unspecified atom stereocenters. The summed E-state index contributed by atoms with van der Waals surface area (Å²) in [7, 11) is 0. The quantitative estimate of drug-likeness (QED) is 0.213. The molecule has 0 spiro atoms. The number of carboxylic acid groups (broad SMARTS) is 2. The third-order valence-corrected chi connectivity index (χ3v) is 3.46. The molecule has 0 fully saturated rings. The maximum absolute atomic E-state index is 10.4. The fraction of sp³-hybridized carbons (Fsp3) is 0.200. The van der Waals surface area contributed by atoms with Crippen LogP contribution >= 0.6 is 0 Å². The molecule has 0 heterocycles. The van der Waals surface area contributed by atoms with E-state index in [1.54, 1.807) is 36.4 Å². The second-order valence-corrected chi connectivity index (χ2v) is 5.70. The SMILES string of the molecule is CC(N=Cc1ccccc1O)C(=O)O.CC(N=Cc1ccccc1O)C(=O)O.[Cl-].[Cl-].[Pd+2]. The summed E-state index contributed by atoms with van der Waals surface area (Å²) >= 11 is 0. The Morgan fingerprint density at radius 2 is 1.03 bits per heavy atom. The van der Waals surface area contributed by atoms with Crippen molar-refractivity contribution in [2.75, 3.05) is 0 Å². The van der Waals surface area contributed by atoms with E-state index in [2.05, 4.69) is 9.98 Å². The Bertz CT molecular complexity index is 809. The van der Waals surface area contributed by atoms with Crippen molar-refractivity contribution in [1.82, 2.24) is 0 Å². The molecule has 2 rings (SSSR count). The first-order valence-electron chi connectivity index (χ1n) is 8.30. The number of rotatable bonds is 6. The number of phenolic OH excluding ortho intramolecular Hbond substituents is 2. The van der Waals surface area contributed by atoms with Gasteiger partial charge in [-0.3, -0.25) is 9.98 Å². The number of para-hydroxylation sites is 2. The molecule has 2 aromatic rings. The number of hydrogen-bond donors (Lipinski definition) is 4. The zero-order valence-corrected chi connectivity index (χ0v) is 19.6. The summed E-state index contributed by atoms with van der Waals surface area (Å²) in [5, 5.41) is 35.8. The van der Waals surface area contributed by atoms with Crippen LogP contribution in [0.1, 0.15) is 25.0 Å². The van der Waals surface area contributed by atoms with Gasteiger partial charge in [0, 0.05) is 23.6 Å². The Hall–Kier alpha value is -2.44. The van der Waals surface area contributed by atoms with Crippen LogP contribution < -0.4 is 24.8 Å². The molecule has 0 bridgehead atoms. The predicted molar refractivity (Wildman–Crippen MR) is 106 cm³/mol. The molecule has 4 N–H and O–H groups in total. The zero-order valence-electron chi connectivity index (χ0n) is 16.5. The summed E-state index contributed by atoms with van der Waals surface area (Å²) < 4.78 is 0. The first kappa shape index (κ1) is 33.2. The number of halogens is 2. The van der Waals surface area contributed by atoms with Crippen molar-refractivity contribution in [2.45, 2.75) is 25.9 Å². The molecule has 31 heavy (non-hydrogen) atoms. The average molecular weight is 564 g/mol. The second kappa shape index (κ2) is 17.3. The van der Waals surface area contributed by atoms with E-state index >= 15 is 0 Å². The number of carbonyl (C=O) groups is 2. The predicted octanol–water partition coefficient (Wildman–Crippen LogP) is -3.43. The molecule has 0 radical (unpaired) electrons. The molecular weight excluding hydrogens is 542 g/mol. The number of hydrogen-bond acceptors (Lipinski definition) is 6. The summed E-state index contributed by atoms with van der Waals surface area (Å²) in [6.07, 6.45) is 2.71. The maximum atomic E-state index is 10.4. The van der Waals surface area contributed by atoms with Crippen LogP contribution in [-0.2, 0) is 30.0 Å². The van der Waals surface area contributed by atoms with E-state index in [4.69, 9.17) is 10.2 Å². The van der Waals surface area contributed by atoms with E-state index < -0.39 is 24.0 Å². The minimum atomic E-state index is -0.989. The van der Waals surface area contributed by atoms with Crippen LogP contribution in [0.15, 0.2) is 58.5 Å². The molecule has 2 atom stereocenters. The number of phenols is 2. The van der Waals surface area contributed by atoms with Crippen LogP contribution in [0.25, 0.3) is 0 Å². The second-order valence-electron chi connectivity index (χ2n) is 5.70. The molecule has 2 aromatic carbocycles. The van der Waals surface area contributed by atoms with Gasteiger partial charge < -0.3 is 45.2 Å². The van der Waals surface area contributed by atoms with Gasteiger partial charge in [-0.2, -0.15) is 0 Å². The smallest absolute Gasteiger partial charge is 1.00 e. The number of benzene rings is 2. The van der Waals surface area contributed by atoms with Gasteiger partial charge in [0.15, 0.2) is 0 Å². The number of aliphatic imine (C=N–C) groups is 2. The Labute approximate surface area is 206 Å². The molecule has 0 aliphatic carbocycles. The summed E-state index contributed by atoms with van der Waals surface area (Å²) in [4.78, 5) is 28.4. The van der Waals surface area contributed by atoms with E-state index in [-0.39, 0.29) is 56.7 Å². The van der Waals surface area contributed by atoms with Crippen molar-refractivity contribution in [3.05, 3.63) is 59.7 Å². The first-order chi connectivity index (χ1) is 13.2. The van der Waals surface area contributed by atoms with Crippen molar-refractivity contribution in [2.24, 2.45) is 9.98 Å². The monoisotopic (exact) mass is 562 g/mol. The van der Waals surface area contributed by atoms with Crippen molar-refractivity contribution in [3.63, 3.8) is 0 Å². The Balaban J connectivity index is -0.000000461. The largest absolute Gasteiger partial charge is 2.00 e. The van der Waals surface area contributed by atoms with Crippen molar-refractivity contribution in [1.29, 1.82) is 0 Å². The number of carboxylic acids is 2. The first-order valence-corrected chi connectivity index (χ1v) is 8.30.